The van der Waals surface area contributed by atoms with Crippen molar-refractivity contribution >= 4 is 18.5 Å². The van der Waals surface area contributed by atoms with E-state index in [1.807, 2.05) is 0 Å². The summed E-state index contributed by atoms with van der Waals surface area (Å²) < 4.78 is 0. The topological polar surface area (TPSA) is 29.1 Å². The second-order valence-corrected chi connectivity index (χ2v) is 4.56. The minimum Gasteiger partial charge on any atom is -0.356 e. The van der Waals surface area contributed by atoms with Crippen molar-refractivity contribution in [3.05, 3.63) is 0 Å². The van der Waals surface area contributed by atoms with E-state index in [2.05, 4.69) is 17.9 Å². The van der Waals surface area contributed by atoms with E-state index >= 15 is 0 Å². The molecule has 0 aliphatic heterocycles. The first-order valence-electron chi connectivity index (χ1n) is 5.70. The highest BCUT2D eigenvalue weighted by Gasteiger charge is 2.12. The van der Waals surface area contributed by atoms with Gasteiger partial charge in [0.25, 0.3) is 0 Å². The Morgan fingerprint density at radius 3 is 2.64 bits per heavy atom. The summed E-state index contributed by atoms with van der Waals surface area (Å²) in [6, 6.07) is 0. The van der Waals surface area contributed by atoms with Gasteiger partial charge in [0.05, 0.1) is 0 Å². The average Bonchev–Trinajstić information content (AvgIpc) is 2.20. The second kappa shape index (κ2) is 7.16. The summed E-state index contributed by atoms with van der Waals surface area (Å²) in [6.45, 7) is 0.858. The Morgan fingerprint density at radius 2 is 2.00 bits per heavy atom. The van der Waals surface area contributed by atoms with Crippen LogP contribution in [0.25, 0.3) is 0 Å². The molecule has 2 nitrogen and oxygen atoms in total. The lowest BCUT2D eigenvalue weighted by Gasteiger charge is -2.21. The van der Waals surface area contributed by atoms with Gasteiger partial charge in [-0.1, -0.05) is 32.1 Å². The maximum Gasteiger partial charge on any atom is 0.220 e. The Balaban J connectivity index is 1.99. The molecule has 0 bridgehead atoms. The largest absolute Gasteiger partial charge is 0.356 e. The lowest BCUT2D eigenvalue weighted by molar-refractivity contribution is -0.120. The van der Waals surface area contributed by atoms with E-state index in [0.29, 0.717) is 12.2 Å². The van der Waals surface area contributed by atoms with Crippen LogP contribution < -0.4 is 5.32 Å². The molecule has 1 fully saturated rings. The molecular weight excluding hydrogens is 194 g/mol. The first-order chi connectivity index (χ1) is 6.83. The van der Waals surface area contributed by atoms with Gasteiger partial charge in [0.2, 0.25) is 5.91 Å². The van der Waals surface area contributed by atoms with Gasteiger partial charge in [0, 0.05) is 13.0 Å². The molecule has 1 saturated carbocycles. The smallest absolute Gasteiger partial charge is 0.220 e. The molecule has 0 heterocycles. The number of hydrogen-bond acceptors (Lipinski definition) is 2. The van der Waals surface area contributed by atoms with Crippen LogP contribution in [-0.2, 0) is 4.79 Å². The number of hydrogen-bond donors (Lipinski definition) is 2. The van der Waals surface area contributed by atoms with Crippen LogP contribution in [0.5, 0.6) is 0 Å². The Bertz CT molecular complexity index is 167. The maximum absolute atomic E-state index is 11.1. The molecule has 82 valence electrons. The van der Waals surface area contributed by atoms with E-state index in [1.165, 1.54) is 32.1 Å². The zero-order valence-corrected chi connectivity index (χ0v) is 9.69. The van der Waals surface area contributed by atoms with Crippen molar-refractivity contribution in [3.8, 4) is 0 Å². The molecule has 1 N–H and O–H groups in total. The van der Waals surface area contributed by atoms with Gasteiger partial charge in [-0.25, -0.2) is 0 Å². The van der Waals surface area contributed by atoms with Crippen LogP contribution in [0.3, 0.4) is 0 Å². The molecule has 1 amide bonds. The lowest BCUT2D eigenvalue weighted by Crippen LogP contribution is -2.26. The first kappa shape index (κ1) is 11.9. The van der Waals surface area contributed by atoms with Gasteiger partial charge < -0.3 is 5.32 Å². The van der Waals surface area contributed by atoms with Crippen LogP contribution in [0, 0.1) is 5.92 Å². The fourth-order valence-corrected chi connectivity index (χ4v) is 2.28. The summed E-state index contributed by atoms with van der Waals surface area (Å²) in [5.41, 5.74) is 0. The third-order valence-electron chi connectivity index (χ3n) is 2.94. The summed E-state index contributed by atoms with van der Waals surface area (Å²) in [7, 11) is 0. The third-order valence-corrected chi connectivity index (χ3v) is 3.16. The summed E-state index contributed by atoms with van der Waals surface area (Å²) >= 11 is 4.02. The minimum absolute atomic E-state index is 0.149. The molecule has 0 aromatic rings. The standard InChI is InChI=1S/C11H21NOS/c13-11(7-9-14)12-8-6-10-4-2-1-3-5-10/h10,14H,1-9H2,(H,12,13). The highest BCUT2D eigenvalue weighted by atomic mass is 32.1. The molecule has 0 saturated heterocycles. The highest BCUT2D eigenvalue weighted by molar-refractivity contribution is 7.80. The van der Waals surface area contributed by atoms with E-state index in [0.717, 1.165) is 18.9 Å². The number of carbonyl (C=O) groups excluding carboxylic acids is 1. The van der Waals surface area contributed by atoms with Gasteiger partial charge in [-0.3, -0.25) is 4.79 Å². The van der Waals surface area contributed by atoms with Crippen molar-refractivity contribution in [1.29, 1.82) is 0 Å². The molecule has 1 aliphatic rings. The van der Waals surface area contributed by atoms with Gasteiger partial charge in [0.1, 0.15) is 0 Å². The van der Waals surface area contributed by atoms with Crippen molar-refractivity contribution < 1.29 is 4.79 Å². The Morgan fingerprint density at radius 1 is 1.29 bits per heavy atom. The predicted octanol–water partition coefficient (Wildman–Crippen LogP) is 2.39. The third kappa shape index (κ3) is 4.89. The molecule has 14 heavy (non-hydrogen) atoms. The van der Waals surface area contributed by atoms with Gasteiger partial charge >= 0.3 is 0 Å². The van der Waals surface area contributed by atoms with E-state index < -0.39 is 0 Å². The van der Waals surface area contributed by atoms with Crippen molar-refractivity contribution in [2.24, 2.45) is 5.92 Å². The van der Waals surface area contributed by atoms with Crippen molar-refractivity contribution in [2.75, 3.05) is 12.3 Å². The summed E-state index contributed by atoms with van der Waals surface area (Å²) in [4.78, 5) is 11.1. The zero-order valence-electron chi connectivity index (χ0n) is 8.80. The molecule has 0 unspecified atom stereocenters. The number of nitrogens with one attached hydrogen (secondary N) is 1. The van der Waals surface area contributed by atoms with E-state index in [1.54, 1.807) is 0 Å². The van der Waals surface area contributed by atoms with Gasteiger partial charge in [-0.05, 0) is 18.1 Å². The number of rotatable bonds is 5. The van der Waals surface area contributed by atoms with Crippen LogP contribution in [0.4, 0.5) is 0 Å². The molecule has 1 rings (SSSR count). The molecule has 0 aromatic carbocycles. The van der Waals surface area contributed by atoms with E-state index in [4.69, 9.17) is 0 Å². The van der Waals surface area contributed by atoms with Crippen LogP contribution in [0.15, 0.2) is 0 Å². The van der Waals surface area contributed by atoms with E-state index in [9.17, 15) is 4.79 Å². The van der Waals surface area contributed by atoms with Crippen molar-refractivity contribution in [2.45, 2.75) is 44.9 Å². The normalized spacial score (nSPS) is 18.1. The summed E-state index contributed by atoms with van der Waals surface area (Å²) in [5, 5.41) is 2.94. The highest BCUT2D eigenvalue weighted by Crippen LogP contribution is 2.25. The maximum atomic E-state index is 11.1. The Kier molecular flexibility index (Phi) is 6.08. The van der Waals surface area contributed by atoms with Crippen molar-refractivity contribution in [1.82, 2.24) is 5.32 Å². The van der Waals surface area contributed by atoms with Crippen LogP contribution in [0.2, 0.25) is 0 Å². The first-order valence-corrected chi connectivity index (χ1v) is 6.33. The average molecular weight is 215 g/mol. The van der Waals surface area contributed by atoms with Crippen LogP contribution in [-0.4, -0.2) is 18.2 Å². The predicted molar refractivity (Wildman–Crippen MR) is 62.7 cm³/mol. The quantitative estimate of drug-likeness (QED) is 0.677. The molecule has 1 aliphatic carbocycles. The monoisotopic (exact) mass is 215 g/mol. The summed E-state index contributed by atoms with van der Waals surface area (Å²) in [5.74, 6) is 1.66. The fourth-order valence-electron chi connectivity index (χ4n) is 2.08. The van der Waals surface area contributed by atoms with Gasteiger partial charge in [-0.15, -0.1) is 0 Å². The summed E-state index contributed by atoms with van der Waals surface area (Å²) in [6.07, 6.45) is 8.62. The van der Waals surface area contributed by atoms with E-state index in [-0.39, 0.29) is 5.91 Å². The number of thiol groups is 1. The minimum atomic E-state index is 0.149. The molecular formula is C11H21NOS. The Labute approximate surface area is 92.2 Å². The fraction of sp³-hybridized carbons (Fsp3) is 0.909. The molecule has 0 radical (unpaired) electrons. The van der Waals surface area contributed by atoms with Crippen molar-refractivity contribution in [3.63, 3.8) is 0 Å². The van der Waals surface area contributed by atoms with Crippen LogP contribution in [0.1, 0.15) is 44.9 Å². The number of carbonyl (C=O) groups is 1. The molecule has 0 atom stereocenters. The van der Waals surface area contributed by atoms with Crippen LogP contribution >= 0.6 is 12.6 Å². The molecule has 0 spiro atoms. The second-order valence-electron chi connectivity index (χ2n) is 4.12. The molecule has 0 aromatic heterocycles. The lowest BCUT2D eigenvalue weighted by atomic mass is 9.87. The Hall–Kier alpha value is -0.180. The number of amides is 1. The van der Waals surface area contributed by atoms with Gasteiger partial charge in [-0.2, -0.15) is 12.6 Å². The SMILES string of the molecule is O=C(CCS)NCCC1CCCCC1. The molecule has 3 heteroatoms. The zero-order chi connectivity index (χ0) is 10.2. The van der Waals surface area contributed by atoms with Gasteiger partial charge in [0.15, 0.2) is 0 Å².